The predicted molar refractivity (Wildman–Crippen MR) is 63.3 cm³/mol. The van der Waals surface area contributed by atoms with Crippen molar-refractivity contribution in [1.29, 1.82) is 0 Å². The van der Waals surface area contributed by atoms with Crippen molar-refractivity contribution in [1.82, 2.24) is 15.1 Å². The fraction of sp³-hybridized carbons (Fsp3) is 0.455. The molecule has 96 valence electrons. The normalized spacial score (nSPS) is 19.9. The number of piperazine rings is 1. The van der Waals surface area contributed by atoms with Crippen molar-refractivity contribution >= 4 is 23.9 Å². The number of aryl methyl sites for hydroxylation is 2. The van der Waals surface area contributed by atoms with Crippen LogP contribution >= 0.6 is 0 Å². The van der Waals surface area contributed by atoms with Crippen LogP contribution in [-0.4, -0.2) is 40.5 Å². The van der Waals surface area contributed by atoms with Crippen LogP contribution in [0.15, 0.2) is 0 Å². The molecular weight excluding hydrogens is 236 g/mol. The van der Waals surface area contributed by atoms with Gasteiger partial charge in [0, 0.05) is 7.05 Å². The van der Waals surface area contributed by atoms with E-state index in [-0.39, 0.29) is 18.4 Å². The number of nitrogens with one attached hydrogen (secondary N) is 1. The lowest BCUT2D eigenvalue weighted by Gasteiger charge is -2.33. The van der Waals surface area contributed by atoms with E-state index in [1.54, 1.807) is 25.8 Å². The number of imide groups is 1. The summed E-state index contributed by atoms with van der Waals surface area (Å²) < 4.78 is 1.52. The highest BCUT2D eigenvalue weighted by atomic mass is 16.2. The highest BCUT2D eigenvalue weighted by molar-refractivity contribution is 6.05. The number of hydrogen-bond donors (Lipinski definition) is 1. The summed E-state index contributed by atoms with van der Waals surface area (Å²) in [5, 5.41) is 6.40. The maximum absolute atomic E-state index is 11.6. The van der Waals surface area contributed by atoms with E-state index in [2.05, 4.69) is 10.4 Å². The van der Waals surface area contributed by atoms with Crippen molar-refractivity contribution in [3.8, 4) is 0 Å². The van der Waals surface area contributed by atoms with Crippen molar-refractivity contribution in [3.63, 3.8) is 0 Å². The van der Waals surface area contributed by atoms with Gasteiger partial charge in [0.2, 0.25) is 11.8 Å². The molecule has 1 fully saturated rings. The van der Waals surface area contributed by atoms with Gasteiger partial charge in [0.05, 0.1) is 17.8 Å². The first kappa shape index (κ1) is 12.3. The van der Waals surface area contributed by atoms with Crippen LogP contribution in [0.25, 0.3) is 0 Å². The van der Waals surface area contributed by atoms with Gasteiger partial charge in [0.1, 0.15) is 11.9 Å². The summed E-state index contributed by atoms with van der Waals surface area (Å²) in [4.78, 5) is 35.7. The van der Waals surface area contributed by atoms with Crippen LogP contribution in [0.5, 0.6) is 0 Å². The fourth-order valence-electron chi connectivity index (χ4n) is 2.11. The summed E-state index contributed by atoms with van der Waals surface area (Å²) in [6, 6.07) is -0.517. The second kappa shape index (κ2) is 4.25. The van der Waals surface area contributed by atoms with Crippen molar-refractivity contribution in [2.45, 2.75) is 19.9 Å². The highest BCUT2D eigenvalue weighted by Gasteiger charge is 2.33. The lowest BCUT2D eigenvalue weighted by Crippen LogP contribution is -2.57. The monoisotopic (exact) mass is 250 g/mol. The molecule has 1 aromatic heterocycles. The standard InChI is InChI=1S/C11H14N4O3/c1-6-8(5-16)11(14(3)13-6)15-4-9(17)12-10(18)7(15)2/h5,7H,4H2,1-3H3,(H,12,17,18). The first-order valence-corrected chi connectivity index (χ1v) is 5.54. The van der Waals surface area contributed by atoms with Crippen LogP contribution in [0.1, 0.15) is 23.0 Å². The van der Waals surface area contributed by atoms with E-state index in [9.17, 15) is 14.4 Å². The third-order valence-electron chi connectivity index (χ3n) is 3.05. The van der Waals surface area contributed by atoms with E-state index in [0.717, 1.165) is 0 Å². The summed E-state index contributed by atoms with van der Waals surface area (Å²) >= 11 is 0. The summed E-state index contributed by atoms with van der Waals surface area (Å²) in [5.41, 5.74) is 0.986. The number of rotatable bonds is 2. The average Bonchev–Trinajstić information content (AvgIpc) is 2.58. The Balaban J connectivity index is 2.50. The topological polar surface area (TPSA) is 84.3 Å². The van der Waals surface area contributed by atoms with E-state index >= 15 is 0 Å². The lowest BCUT2D eigenvalue weighted by molar-refractivity contribution is -0.132. The molecule has 7 nitrogen and oxygen atoms in total. The Morgan fingerprint density at radius 3 is 2.72 bits per heavy atom. The molecule has 1 aliphatic heterocycles. The minimum Gasteiger partial charge on any atom is -0.335 e. The molecule has 2 amide bonds. The molecule has 1 unspecified atom stereocenters. The minimum atomic E-state index is -0.517. The summed E-state index contributed by atoms with van der Waals surface area (Å²) in [7, 11) is 1.68. The zero-order chi connectivity index (χ0) is 13.4. The average molecular weight is 250 g/mol. The van der Waals surface area contributed by atoms with E-state index in [0.29, 0.717) is 23.4 Å². The highest BCUT2D eigenvalue weighted by Crippen LogP contribution is 2.24. The van der Waals surface area contributed by atoms with Gasteiger partial charge in [-0.05, 0) is 13.8 Å². The number of aromatic nitrogens is 2. The van der Waals surface area contributed by atoms with Crippen molar-refractivity contribution in [2.75, 3.05) is 11.4 Å². The molecule has 0 aliphatic carbocycles. The third kappa shape index (κ3) is 1.77. The SMILES string of the molecule is Cc1nn(C)c(N2CC(=O)NC(=O)C2C)c1C=O. The molecule has 1 saturated heterocycles. The molecule has 1 aliphatic rings. The summed E-state index contributed by atoms with van der Waals surface area (Å²) in [5.74, 6) is -0.256. The van der Waals surface area contributed by atoms with E-state index < -0.39 is 6.04 Å². The fourth-order valence-corrected chi connectivity index (χ4v) is 2.11. The van der Waals surface area contributed by atoms with Crippen LogP contribution in [0.2, 0.25) is 0 Å². The Bertz CT molecular complexity index is 535. The Labute approximate surface area is 104 Å². The maximum Gasteiger partial charge on any atom is 0.249 e. The smallest absolute Gasteiger partial charge is 0.249 e. The largest absolute Gasteiger partial charge is 0.335 e. The van der Waals surface area contributed by atoms with Crippen molar-refractivity contribution in [2.24, 2.45) is 7.05 Å². The quantitative estimate of drug-likeness (QED) is 0.559. The summed E-state index contributed by atoms with van der Waals surface area (Å²) in [6.07, 6.45) is 0.696. The Hall–Kier alpha value is -2.18. The molecule has 0 aromatic carbocycles. The predicted octanol–water partition coefficient (Wildman–Crippen LogP) is -0.608. The van der Waals surface area contributed by atoms with Gasteiger partial charge in [0.25, 0.3) is 0 Å². The molecule has 0 saturated carbocycles. The molecule has 1 N–H and O–H groups in total. The first-order valence-electron chi connectivity index (χ1n) is 5.54. The van der Waals surface area contributed by atoms with Crippen LogP contribution in [0, 0.1) is 6.92 Å². The van der Waals surface area contributed by atoms with Crippen LogP contribution < -0.4 is 10.2 Å². The molecule has 0 radical (unpaired) electrons. The maximum atomic E-state index is 11.6. The summed E-state index contributed by atoms with van der Waals surface area (Å²) in [6.45, 7) is 3.43. The van der Waals surface area contributed by atoms with Gasteiger partial charge < -0.3 is 4.90 Å². The number of carbonyl (C=O) groups excluding carboxylic acids is 3. The van der Waals surface area contributed by atoms with Gasteiger partial charge in [-0.25, -0.2) is 0 Å². The lowest BCUT2D eigenvalue weighted by atomic mass is 10.1. The second-order valence-electron chi connectivity index (χ2n) is 4.28. The Morgan fingerprint density at radius 2 is 2.11 bits per heavy atom. The van der Waals surface area contributed by atoms with Crippen LogP contribution in [0.3, 0.4) is 0 Å². The molecule has 0 spiro atoms. The number of carbonyl (C=O) groups is 3. The van der Waals surface area contributed by atoms with Gasteiger partial charge in [0.15, 0.2) is 6.29 Å². The molecule has 1 aromatic rings. The van der Waals surface area contributed by atoms with Crippen molar-refractivity contribution < 1.29 is 14.4 Å². The van der Waals surface area contributed by atoms with Crippen molar-refractivity contribution in [3.05, 3.63) is 11.3 Å². The molecule has 1 atom stereocenters. The van der Waals surface area contributed by atoms with Crippen LogP contribution in [0.4, 0.5) is 5.82 Å². The number of amides is 2. The van der Waals surface area contributed by atoms with Gasteiger partial charge >= 0.3 is 0 Å². The molecule has 2 heterocycles. The van der Waals surface area contributed by atoms with E-state index in [1.165, 1.54) is 4.68 Å². The zero-order valence-corrected chi connectivity index (χ0v) is 10.4. The van der Waals surface area contributed by atoms with Crippen LogP contribution in [-0.2, 0) is 16.6 Å². The van der Waals surface area contributed by atoms with E-state index in [1.807, 2.05) is 0 Å². The molecular formula is C11H14N4O3. The van der Waals surface area contributed by atoms with E-state index in [4.69, 9.17) is 0 Å². The van der Waals surface area contributed by atoms with Gasteiger partial charge in [-0.15, -0.1) is 0 Å². The van der Waals surface area contributed by atoms with Gasteiger partial charge in [-0.2, -0.15) is 5.10 Å². The van der Waals surface area contributed by atoms with Gasteiger partial charge in [-0.3, -0.25) is 24.4 Å². The molecule has 7 heteroatoms. The minimum absolute atomic E-state index is 0.0344. The number of nitrogens with zero attached hydrogens (tertiary/aromatic N) is 3. The Kier molecular flexibility index (Phi) is 2.90. The Morgan fingerprint density at radius 1 is 1.44 bits per heavy atom. The number of aldehydes is 1. The third-order valence-corrected chi connectivity index (χ3v) is 3.05. The molecule has 0 bridgehead atoms. The number of hydrogen-bond acceptors (Lipinski definition) is 5. The second-order valence-corrected chi connectivity index (χ2v) is 4.28. The molecule has 2 rings (SSSR count). The number of anilines is 1. The molecule has 18 heavy (non-hydrogen) atoms. The first-order chi connectivity index (χ1) is 8.45. The zero-order valence-electron chi connectivity index (χ0n) is 10.4. The van der Waals surface area contributed by atoms with Gasteiger partial charge in [-0.1, -0.05) is 0 Å².